The zero-order valence-corrected chi connectivity index (χ0v) is 27.7. The highest BCUT2D eigenvalue weighted by molar-refractivity contribution is 7.25. The van der Waals surface area contributed by atoms with Crippen LogP contribution in [0.5, 0.6) is 0 Å². The molecule has 0 unspecified atom stereocenters. The van der Waals surface area contributed by atoms with Gasteiger partial charge in [-0.05, 0) is 52.6 Å². The minimum atomic E-state index is 0.680. The maximum absolute atomic E-state index is 6.50. The van der Waals surface area contributed by atoms with Crippen LogP contribution >= 0.6 is 11.3 Å². The van der Waals surface area contributed by atoms with Crippen molar-refractivity contribution in [2.45, 2.75) is 0 Å². The van der Waals surface area contributed by atoms with Gasteiger partial charge in [0, 0.05) is 47.6 Å². The van der Waals surface area contributed by atoms with Crippen molar-refractivity contribution in [3.63, 3.8) is 0 Å². The minimum Gasteiger partial charge on any atom is -0.455 e. The molecule has 0 aliphatic carbocycles. The van der Waals surface area contributed by atoms with Crippen LogP contribution in [0.15, 0.2) is 174 Å². The molecule has 7 aromatic carbocycles. The number of rotatable bonds is 5. The maximum atomic E-state index is 6.50. The Kier molecular flexibility index (Phi) is 6.68. The van der Waals surface area contributed by atoms with Gasteiger partial charge in [-0.2, -0.15) is 0 Å². The van der Waals surface area contributed by atoms with Crippen LogP contribution in [0.1, 0.15) is 0 Å². The third-order valence-electron chi connectivity index (χ3n) is 9.55. The van der Waals surface area contributed by atoms with Gasteiger partial charge in [0.25, 0.3) is 0 Å². The zero-order valence-electron chi connectivity index (χ0n) is 26.9. The number of fused-ring (bicyclic) bond motifs is 6. The minimum absolute atomic E-state index is 0.680. The second-order valence-electron chi connectivity index (χ2n) is 12.5. The maximum Gasteiger partial charge on any atom is 0.160 e. The molecule has 10 rings (SSSR count). The summed E-state index contributed by atoms with van der Waals surface area (Å²) in [5.41, 5.74) is 11.0. The summed E-state index contributed by atoms with van der Waals surface area (Å²) in [6, 6.07) is 59.6. The van der Waals surface area contributed by atoms with Crippen molar-refractivity contribution in [1.82, 2.24) is 9.97 Å². The van der Waals surface area contributed by atoms with E-state index in [4.69, 9.17) is 14.4 Å². The number of hydrogen-bond acceptors (Lipinski definition) is 4. The molecule has 0 atom stereocenters. The van der Waals surface area contributed by atoms with Gasteiger partial charge in [0.05, 0.1) is 11.4 Å². The topological polar surface area (TPSA) is 38.9 Å². The summed E-state index contributed by atoms with van der Waals surface area (Å²) in [5, 5.41) is 4.70. The van der Waals surface area contributed by atoms with Crippen LogP contribution in [0, 0.1) is 0 Å². The highest BCUT2D eigenvalue weighted by Crippen LogP contribution is 2.40. The van der Waals surface area contributed by atoms with E-state index in [0.717, 1.165) is 61.1 Å². The molecule has 4 heteroatoms. The van der Waals surface area contributed by atoms with Gasteiger partial charge < -0.3 is 4.42 Å². The largest absolute Gasteiger partial charge is 0.455 e. The monoisotopic (exact) mass is 656 g/mol. The van der Waals surface area contributed by atoms with Gasteiger partial charge in [0.15, 0.2) is 5.82 Å². The van der Waals surface area contributed by atoms with Crippen molar-refractivity contribution in [2.24, 2.45) is 0 Å². The molecule has 3 heterocycles. The van der Waals surface area contributed by atoms with Gasteiger partial charge in [-0.1, -0.05) is 140 Å². The molecule has 3 aromatic heterocycles. The molecule has 0 fully saturated rings. The summed E-state index contributed by atoms with van der Waals surface area (Å²) in [4.78, 5) is 10.6. The molecular formula is C46H28N2OS. The molecule has 0 N–H and O–H groups in total. The summed E-state index contributed by atoms with van der Waals surface area (Å²) < 4.78 is 9.00. The van der Waals surface area contributed by atoms with E-state index in [-0.39, 0.29) is 0 Å². The van der Waals surface area contributed by atoms with Gasteiger partial charge in [-0.3, -0.25) is 0 Å². The lowest BCUT2D eigenvalue weighted by Gasteiger charge is -2.13. The van der Waals surface area contributed by atoms with Crippen LogP contribution in [-0.4, -0.2) is 9.97 Å². The van der Waals surface area contributed by atoms with Crippen LogP contribution in [-0.2, 0) is 0 Å². The third-order valence-corrected chi connectivity index (χ3v) is 10.7. The van der Waals surface area contributed by atoms with Crippen LogP contribution in [0.4, 0.5) is 0 Å². The highest BCUT2D eigenvalue weighted by atomic mass is 32.1. The third kappa shape index (κ3) is 4.80. The van der Waals surface area contributed by atoms with E-state index in [1.807, 2.05) is 18.2 Å². The van der Waals surface area contributed by atoms with E-state index < -0.39 is 0 Å². The summed E-state index contributed by atoms with van der Waals surface area (Å²) in [6.07, 6.45) is 0. The highest BCUT2D eigenvalue weighted by Gasteiger charge is 2.18. The van der Waals surface area contributed by atoms with Crippen LogP contribution in [0.3, 0.4) is 0 Å². The van der Waals surface area contributed by atoms with Crippen LogP contribution < -0.4 is 0 Å². The molecule has 0 saturated heterocycles. The number of nitrogens with zero attached hydrogens (tertiary/aromatic N) is 2. The average Bonchev–Trinajstić information content (AvgIpc) is 3.76. The predicted octanol–water partition coefficient (Wildman–Crippen LogP) is 13.1. The molecule has 3 nitrogen and oxygen atoms in total. The van der Waals surface area contributed by atoms with Crippen molar-refractivity contribution >= 4 is 53.4 Å². The van der Waals surface area contributed by atoms with Gasteiger partial charge in [-0.25, -0.2) is 9.97 Å². The Morgan fingerprint density at radius 1 is 0.380 bits per heavy atom. The van der Waals surface area contributed by atoms with Crippen molar-refractivity contribution in [1.29, 1.82) is 0 Å². The molecule has 0 radical (unpaired) electrons. The normalized spacial score (nSPS) is 11.6. The van der Waals surface area contributed by atoms with E-state index in [9.17, 15) is 0 Å². The Bertz CT molecular complexity index is 2870. The lowest BCUT2D eigenvalue weighted by Crippen LogP contribution is -1.97. The molecule has 0 spiro atoms. The first-order valence-corrected chi connectivity index (χ1v) is 17.6. The second kappa shape index (κ2) is 11.7. The van der Waals surface area contributed by atoms with E-state index >= 15 is 0 Å². The average molecular weight is 657 g/mol. The van der Waals surface area contributed by atoms with E-state index in [0.29, 0.717) is 5.82 Å². The smallest absolute Gasteiger partial charge is 0.160 e. The first-order chi connectivity index (χ1) is 24.8. The van der Waals surface area contributed by atoms with Crippen LogP contribution in [0.2, 0.25) is 0 Å². The van der Waals surface area contributed by atoms with Crippen molar-refractivity contribution in [3.05, 3.63) is 170 Å². The lowest BCUT2D eigenvalue weighted by molar-refractivity contribution is 0.670. The molecule has 10 aromatic rings. The Morgan fingerprint density at radius 3 is 1.84 bits per heavy atom. The molecule has 234 valence electrons. The first kappa shape index (κ1) is 28.6. The SMILES string of the molecule is c1ccc(-c2ccc(-c3ccccc3-c3cc(-c4cccc5c4oc4ccccc45)nc(-c4ccc5c(c4)sc4ccccc45)n3)cc2)cc1. The van der Waals surface area contributed by atoms with E-state index in [1.165, 1.54) is 31.3 Å². The van der Waals surface area contributed by atoms with Crippen molar-refractivity contribution < 1.29 is 4.42 Å². The summed E-state index contributed by atoms with van der Waals surface area (Å²) >= 11 is 1.80. The summed E-state index contributed by atoms with van der Waals surface area (Å²) in [6.45, 7) is 0. The Hall–Kier alpha value is -6.36. The quantitative estimate of drug-likeness (QED) is 0.185. The van der Waals surface area contributed by atoms with E-state index in [2.05, 4.69) is 152 Å². The number of furan rings is 1. The molecule has 0 amide bonds. The Labute approximate surface area is 292 Å². The predicted molar refractivity (Wildman–Crippen MR) is 209 cm³/mol. The number of aromatic nitrogens is 2. The number of hydrogen-bond donors (Lipinski definition) is 0. The molecule has 0 aliphatic heterocycles. The second-order valence-corrected chi connectivity index (χ2v) is 13.6. The van der Waals surface area contributed by atoms with Gasteiger partial charge in [0.1, 0.15) is 11.2 Å². The standard InChI is InChI=1S/C46H28N2OS/c1-2-11-29(12-3-1)30-21-23-31(24-22-30)33-13-4-5-14-34(33)40-28-41(39-18-10-17-38-35-15-6-8-19-42(35)49-45(38)39)48-46(47-40)32-25-26-37-36-16-7-9-20-43(36)50-44(37)27-32/h1-28H. The molecule has 0 bridgehead atoms. The number of thiophene rings is 1. The molecular weight excluding hydrogens is 629 g/mol. The summed E-state index contributed by atoms with van der Waals surface area (Å²) in [7, 11) is 0. The fraction of sp³-hybridized carbons (Fsp3) is 0. The zero-order chi connectivity index (χ0) is 33.0. The molecule has 50 heavy (non-hydrogen) atoms. The van der Waals surface area contributed by atoms with Crippen LogP contribution in [0.25, 0.3) is 98.3 Å². The summed E-state index contributed by atoms with van der Waals surface area (Å²) in [5.74, 6) is 0.680. The molecule has 0 saturated carbocycles. The fourth-order valence-electron chi connectivity index (χ4n) is 7.10. The first-order valence-electron chi connectivity index (χ1n) is 16.7. The van der Waals surface area contributed by atoms with Crippen molar-refractivity contribution in [3.8, 4) is 56.2 Å². The van der Waals surface area contributed by atoms with Crippen molar-refractivity contribution in [2.75, 3.05) is 0 Å². The van der Waals surface area contributed by atoms with Gasteiger partial charge >= 0.3 is 0 Å². The Balaban J connectivity index is 1.17. The lowest BCUT2D eigenvalue weighted by atomic mass is 9.94. The Morgan fingerprint density at radius 2 is 0.980 bits per heavy atom. The fourth-order valence-corrected chi connectivity index (χ4v) is 8.24. The van der Waals surface area contributed by atoms with E-state index in [1.54, 1.807) is 11.3 Å². The number of para-hydroxylation sites is 2. The van der Waals surface area contributed by atoms with Gasteiger partial charge in [0.2, 0.25) is 0 Å². The number of benzene rings is 7. The molecule has 0 aliphatic rings. The van der Waals surface area contributed by atoms with Gasteiger partial charge in [-0.15, -0.1) is 11.3 Å².